The molecule has 3 N–H and O–H groups in total. The van der Waals surface area contributed by atoms with Crippen LogP contribution >= 0.6 is 0 Å². The molecule has 2 saturated carbocycles. The zero-order valence-electron chi connectivity index (χ0n) is 22.0. The number of carbonyl (C=O) groups excluding carboxylic acids is 3. The van der Waals surface area contributed by atoms with Gasteiger partial charge in [-0.1, -0.05) is 46.5 Å². The fourth-order valence-electron chi connectivity index (χ4n) is 6.39. The standard InChI is InChI=1S/C27H39N5O5/c1-27(2,3)22(25(35)32-15-17-10-7-11-18(17)21(32)26(36)37)31-24(34)20(16-8-5-4-6-9-16)30-23(33)19-14-28-12-13-29-19/h12-14,16-18,20-22H,4-11,15H2,1-3H3,(H,30,33)(H,31,34)(H,36,37)/t17?,18?,20-,21-,22+/m0/s1. The summed E-state index contributed by atoms with van der Waals surface area (Å²) in [6, 6.07) is -2.63. The van der Waals surface area contributed by atoms with Gasteiger partial charge in [0.2, 0.25) is 11.8 Å². The summed E-state index contributed by atoms with van der Waals surface area (Å²) in [6.07, 6.45) is 11.5. The highest BCUT2D eigenvalue weighted by molar-refractivity contribution is 5.97. The monoisotopic (exact) mass is 513 g/mol. The predicted molar refractivity (Wildman–Crippen MR) is 135 cm³/mol. The van der Waals surface area contributed by atoms with Gasteiger partial charge >= 0.3 is 5.97 Å². The maximum Gasteiger partial charge on any atom is 0.326 e. The van der Waals surface area contributed by atoms with E-state index in [-0.39, 0.29) is 29.4 Å². The molecule has 1 saturated heterocycles. The minimum atomic E-state index is -0.988. The minimum Gasteiger partial charge on any atom is -0.480 e. The second-order valence-electron chi connectivity index (χ2n) is 11.9. The van der Waals surface area contributed by atoms with E-state index in [1.807, 2.05) is 20.8 Å². The summed E-state index contributed by atoms with van der Waals surface area (Å²) < 4.78 is 0. The number of carbonyl (C=O) groups is 4. The van der Waals surface area contributed by atoms with Gasteiger partial charge in [0.1, 0.15) is 23.8 Å². The highest BCUT2D eigenvalue weighted by Gasteiger charge is 2.52. The molecule has 3 fully saturated rings. The van der Waals surface area contributed by atoms with Crippen LogP contribution in [0.4, 0.5) is 0 Å². The van der Waals surface area contributed by atoms with E-state index in [0.717, 1.165) is 51.4 Å². The maximum atomic E-state index is 13.9. The van der Waals surface area contributed by atoms with Gasteiger partial charge in [-0.2, -0.15) is 0 Å². The average Bonchev–Trinajstić information content (AvgIpc) is 3.47. The number of fused-ring (bicyclic) bond motifs is 1. The van der Waals surface area contributed by atoms with Gasteiger partial charge in [-0.25, -0.2) is 9.78 Å². The first-order valence-corrected chi connectivity index (χ1v) is 13.5. The van der Waals surface area contributed by atoms with E-state index >= 15 is 0 Å². The van der Waals surface area contributed by atoms with Gasteiger partial charge < -0.3 is 20.6 Å². The Hall–Kier alpha value is -3.04. The SMILES string of the molecule is CC(C)(C)[C@H](NC(=O)[C@@H](NC(=O)c1cnccn1)C1CCCCC1)C(=O)N1CC2CCCC2[C@H]1C(=O)O. The van der Waals surface area contributed by atoms with Crippen LogP contribution in [0.2, 0.25) is 0 Å². The molecular formula is C27H39N5O5. The van der Waals surface area contributed by atoms with Crippen LogP contribution in [0.5, 0.6) is 0 Å². The highest BCUT2D eigenvalue weighted by Crippen LogP contribution is 2.43. The van der Waals surface area contributed by atoms with E-state index in [1.54, 1.807) is 0 Å². The van der Waals surface area contributed by atoms with E-state index < -0.39 is 41.3 Å². The molecule has 4 rings (SSSR count). The Balaban J connectivity index is 1.56. The lowest BCUT2D eigenvalue weighted by atomic mass is 9.82. The number of amides is 3. The first-order chi connectivity index (χ1) is 17.6. The van der Waals surface area contributed by atoms with Crippen LogP contribution in [-0.4, -0.2) is 68.3 Å². The molecule has 2 aliphatic carbocycles. The van der Waals surface area contributed by atoms with Gasteiger partial charge in [0.05, 0.1) is 6.20 Å². The molecule has 1 aromatic rings. The Morgan fingerprint density at radius 2 is 1.73 bits per heavy atom. The van der Waals surface area contributed by atoms with Crippen molar-refractivity contribution in [3.05, 3.63) is 24.3 Å². The molecule has 3 amide bonds. The Bertz CT molecular complexity index is 1000. The van der Waals surface area contributed by atoms with Crippen LogP contribution in [-0.2, 0) is 14.4 Å². The molecule has 0 radical (unpaired) electrons. The second-order valence-corrected chi connectivity index (χ2v) is 11.9. The van der Waals surface area contributed by atoms with Crippen molar-refractivity contribution in [1.29, 1.82) is 0 Å². The van der Waals surface area contributed by atoms with E-state index in [2.05, 4.69) is 20.6 Å². The van der Waals surface area contributed by atoms with Gasteiger partial charge in [0.15, 0.2) is 0 Å². The fraction of sp³-hybridized carbons (Fsp3) is 0.704. The Morgan fingerprint density at radius 1 is 1.00 bits per heavy atom. The molecule has 37 heavy (non-hydrogen) atoms. The minimum absolute atomic E-state index is 0.0426. The van der Waals surface area contributed by atoms with Crippen molar-refractivity contribution in [3.8, 4) is 0 Å². The van der Waals surface area contributed by atoms with Gasteiger partial charge in [-0.3, -0.25) is 19.4 Å². The van der Waals surface area contributed by atoms with Crippen molar-refractivity contribution < 1.29 is 24.3 Å². The molecule has 2 heterocycles. The number of aliphatic carboxylic acids is 1. The van der Waals surface area contributed by atoms with Crippen molar-refractivity contribution in [1.82, 2.24) is 25.5 Å². The summed E-state index contributed by atoms with van der Waals surface area (Å²) in [5.74, 6) is -2.20. The van der Waals surface area contributed by atoms with Gasteiger partial charge in [0, 0.05) is 18.9 Å². The third-order valence-electron chi connectivity index (χ3n) is 8.31. The number of nitrogens with zero attached hydrogens (tertiary/aromatic N) is 3. The molecule has 3 aliphatic rings. The molecule has 10 heteroatoms. The fourth-order valence-corrected chi connectivity index (χ4v) is 6.39. The number of carboxylic acids is 1. The van der Waals surface area contributed by atoms with Crippen LogP contribution in [0.15, 0.2) is 18.6 Å². The summed E-state index contributed by atoms with van der Waals surface area (Å²) in [7, 11) is 0. The average molecular weight is 514 g/mol. The highest BCUT2D eigenvalue weighted by atomic mass is 16.4. The van der Waals surface area contributed by atoms with Crippen LogP contribution in [0.1, 0.15) is 82.6 Å². The van der Waals surface area contributed by atoms with E-state index in [0.29, 0.717) is 6.54 Å². The van der Waals surface area contributed by atoms with Crippen LogP contribution in [0, 0.1) is 23.2 Å². The maximum absolute atomic E-state index is 13.9. The molecule has 0 bridgehead atoms. The molecule has 5 atom stereocenters. The summed E-state index contributed by atoms with van der Waals surface area (Å²) >= 11 is 0. The Morgan fingerprint density at radius 3 is 2.35 bits per heavy atom. The number of carboxylic acid groups (broad SMARTS) is 1. The molecule has 1 aromatic heterocycles. The van der Waals surface area contributed by atoms with Crippen molar-refractivity contribution in [2.24, 2.45) is 23.2 Å². The van der Waals surface area contributed by atoms with Crippen LogP contribution in [0.25, 0.3) is 0 Å². The van der Waals surface area contributed by atoms with Crippen molar-refractivity contribution in [2.45, 2.75) is 90.3 Å². The molecule has 1 aliphatic heterocycles. The van der Waals surface area contributed by atoms with E-state index in [4.69, 9.17) is 0 Å². The van der Waals surface area contributed by atoms with Crippen molar-refractivity contribution >= 4 is 23.7 Å². The summed E-state index contributed by atoms with van der Waals surface area (Å²) in [5, 5.41) is 15.8. The number of aromatic nitrogens is 2. The van der Waals surface area contributed by atoms with Crippen molar-refractivity contribution in [3.63, 3.8) is 0 Å². The molecular weight excluding hydrogens is 474 g/mol. The largest absolute Gasteiger partial charge is 0.480 e. The predicted octanol–water partition coefficient (Wildman–Crippen LogP) is 2.40. The summed E-state index contributed by atoms with van der Waals surface area (Å²) in [6.45, 7) is 5.97. The van der Waals surface area contributed by atoms with E-state index in [9.17, 15) is 24.3 Å². The zero-order valence-corrected chi connectivity index (χ0v) is 22.0. The molecule has 0 aromatic carbocycles. The third kappa shape index (κ3) is 5.93. The topological polar surface area (TPSA) is 142 Å². The van der Waals surface area contributed by atoms with Crippen LogP contribution in [0.3, 0.4) is 0 Å². The quantitative estimate of drug-likeness (QED) is 0.508. The number of likely N-dealkylation sites (tertiary alicyclic amines) is 1. The Kier molecular flexibility index (Phi) is 8.14. The van der Waals surface area contributed by atoms with Gasteiger partial charge in [0.25, 0.3) is 5.91 Å². The lowest BCUT2D eigenvalue weighted by molar-refractivity contribution is -0.152. The van der Waals surface area contributed by atoms with Gasteiger partial charge in [-0.15, -0.1) is 0 Å². The second kappa shape index (κ2) is 11.1. The molecule has 2 unspecified atom stereocenters. The van der Waals surface area contributed by atoms with E-state index in [1.165, 1.54) is 23.5 Å². The van der Waals surface area contributed by atoms with Crippen molar-refractivity contribution in [2.75, 3.05) is 6.54 Å². The third-order valence-corrected chi connectivity index (χ3v) is 8.31. The number of hydrogen-bond acceptors (Lipinski definition) is 6. The first-order valence-electron chi connectivity index (χ1n) is 13.5. The lowest BCUT2D eigenvalue weighted by Gasteiger charge is -2.37. The Labute approximate surface area is 218 Å². The summed E-state index contributed by atoms with van der Waals surface area (Å²) in [4.78, 5) is 62.2. The zero-order chi connectivity index (χ0) is 26.7. The number of hydrogen-bond donors (Lipinski definition) is 3. The smallest absolute Gasteiger partial charge is 0.326 e. The lowest BCUT2D eigenvalue weighted by Crippen LogP contribution is -2.61. The van der Waals surface area contributed by atoms with Gasteiger partial charge in [-0.05, 0) is 48.9 Å². The number of rotatable bonds is 7. The summed E-state index contributed by atoms with van der Waals surface area (Å²) in [5.41, 5.74) is -0.549. The molecule has 0 spiro atoms. The molecule has 202 valence electrons. The normalized spacial score (nSPS) is 25.7. The number of nitrogens with one attached hydrogen (secondary N) is 2. The molecule has 10 nitrogen and oxygen atoms in total. The van der Waals surface area contributed by atoms with Crippen LogP contribution < -0.4 is 10.6 Å². The first kappa shape index (κ1) is 27.0.